The maximum atomic E-state index is 5.26. The lowest BCUT2D eigenvalue weighted by Gasteiger charge is -2.02. The number of halogens is 2. The molecule has 0 aliphatic rings. The first-order valence-corrected chi connectivity index (χ1v) is 3.77. The molecule has 0 aromatic heterocycles. The zero-order chi connectivity index (χ0) is 8.10. The van der Waals surface area contributed by atoms with Gasteiger partial charge < -0.3 is 11.1 Å². The highest BCUT2D eigenvalue weighted by molar-refractivity contribution is 7.80. The molecule has 0 heterocycles. The van der Waals surface area contributed by atoms with Crippen molar-refractivity contribution in [2.45, 2.75) is 6.54 Å². The highest BCUT2D eigenvalue weighted by Gasteiger charge is 1.89. The van der Waals surface area contributed by atoms with Gasteiger partial charge >= 0.3 is 0 Å². The Labute approximate surface area is 95.7 Å². The largest absolute Gasteiger partial charge is 0.376 e. The van der Waals surface area contributed by atoms with Crippen molar-refractivity contribution in [2.24, 2.45) is 5.73 Å². The van der Waals surface area contributed by atoms with Crippen molar-refractivity contribution in [3.63, 3.8) is 0 Å². The Morgan fingerprint density at radius 3 is 2.23 bits per heavy atom. The van der Waals surface area contributed by atoms with Crippen LogP contribution in [0.2, 0.25) is 0 Å². The molecule has 0 bridgehead atoms. The van der Waals surface area contributed by atoms with E-state index in [-0.39, 0.29) is 24.8 Å². The maximum Gasteiger partial charge on any atom is 0.163 e. The normalized spacial score (nSPS) is 7.69. The van der Waals surface area contributed by atoms with E-state index in [1.807, 2.05) is 30.3 Å². The summed E-state index contributed by atoms with van der Waals surface area (Å²) < 4.78 is 0. The van der Waals surface area contributed by atoms with E-state index in [4.69, 9.17) is 5.73 Å². The second-order valence-corrected chi connectivity index (χ2v) is 2.64. The summed E-state index contributed by atoms with van der Waals surface area (Å²) in [4.78, 5) is 0. The fraction of sp³-hybridized carbons (Fsp3) is 0.125. The molecule has 0 aliphatic carbocycles. The van der Waals surface area contributed by atoms with Gasteiger partial charge in [0, 0.05) is 6.54 Å². The molecular formula is C8H12Cl2N2S. The van der Waals surface area contributed by atoms with E-state index in [0.29, 0.717) is 11.7 Å². The van der Waals surface area contributed by atoms with Crippen LogP contribution in [-0.2, 0) is 6.54 Å². The molecule has 5 heteroatoms. The van der Waals surface area contributed by atoms with Crippen LogP contribution in [0.5, 0.6) is 0 Å². The van der Waals surface area contributed by atoms with Gasteiger partial charge in [0.25, 0.3) is 0 Å². The summed E-state index contributed by atoms with van der Waals surface area (Å²) in [5, 5.41) is 3.21. The molecule has 0 unspecified atom stereocenters. The zero-order valence-electron chi connectivity index (χ0n) is 6.90. The second-order valence-electron chi connectivity index (χ2n) is 2.20. The van der Waals surface area contributed by atoms with Gasteiger partial charge in [-0.2, -0.15) is 0 Å². The molecule has 0 amide bonds. The van der Waals surface area contributed by atoms with Crippen molar-refractivity contribution in [1.29, 1.82) is 0 Å². The topological polar surface area (TPSA) is 38.0 Å². The molecule has 0 atom stereocenters. The molecule has 0 radical (unpaired) electrons. The smallest absolute Gasteiger partial charge is 0.163 e. The van der Waals surface area contributed by atoms with Gasteiger partial charge in [0.15, 0.2) is 5.11 Å². The number of hydrogen-bond donors (Lipinski definition) is 2. The van der Waals surface area contributed by atoms with E-state index in [2.05, 4.69) is 17.5 Å². The van der Waals surface area contributed by atoms with Gasteiger partial charge in [-0.3, -0.25) is 0 Å². The lowest BCUT2D eigenvalue weighted by atomic mass is 10.2. The first-order valence-electron chi connectivity index (χ1n) is 3.36. The number of thiocarbonyl (C=S) groups is 1. The van der Waals surface area contributed by atoms with E-state index in [1.165, 1.54) is 5.56 Å². The Morgan fingerprint density at radius 2 is 1.77 bits per heavy atom. The third-order valence-electron chi connectivity index (χ3n) is 1.31. The molecule has 74 valence electrons. The van der Waals surface area contributed by atoms with E-state index in [1.54, 1.807) is 0 Å². The van der Waals surface area contributed by atoms with Gasteiger partial charge in [0.2, 0.25) is 0 Å². The molecule has 1 aromatic rings. The van der Waals surface area contributed by atoms with Crippen molar-refractivity contribution in [1.82, 2.24) is 5.32 Å². The number of hydrogen-bond acceptors (Lipinski definition) is 1. The van der Waals surface area contributed by atoms with Crippen LogP contribution >= 0.6 is 37.0 Å². The molecular weight excluding hydrogens is 227 g/mol. The Kier molecular flexibility index (Phi) is 9.34. The first-order chi connectivity index (χ1) is 5.29. The second kappa shape index (κ2) is 8.10. The van der Waals surface area contributed by atoms with Gasteiger partial charge in [0.1, 0.15) is 0 Å². The summed E-state index contributed by atoms with van der Waals surface area (Å²) >= 11 is 4.66. The lowest BCUT2D eigenvalue weighted by molar-refractivity contribution is 0.920. The number of nitrogens with two attached hydrogens (primary N) is 1. The lowest BCUT2D eigenvalue weighted by Crippen LogP contribution is -2.28. The molecule has 0 spiro atoms. The van der Waals surface area contributed by atoms with Gasteiger partial charge in [-0.15, -0.1) is 24.8 Å². The van der Waals surface area contributed by atoms with E-state index in [9.17, 15) is 0 Å². The highest BCUT2D eigenvalue weighted by Crippen LogP contribution is 1.96. The summed E-state index contributed by atoms with van der Waals surface area (Å²) in [5.74, 6) is 0. The fourth-order valence-corrected chi connectivity index (χ4v) is 0.857. The number of nitrogens with one attached hydrogen (secondary N) is 1. The summed E-state index contributed by atoms with van der Waals surface area (Å²) in [6.45, 7) is 0.705. The zero-order valence-corrected chi connectivity index (χ0v) is 9.35. The SMILES string of the molecule is Cl.Cl.NC(=S)NCc1ccccc1. The molecule has 1 aromatic carbocycles. The quantitative estimate of drug-likeness (QED) is 0.774. The Morgan fingerprint density at radius 1 is 1.23 bits per heavy atom. The van der Waals surface area contributed by atoms with Crippen LogP contribution in [-0.4, -0.2) is 5.11 Å². The number of benzene rings is 1. The van der Waals surface area contributed by atoms with Crippen LogP contribution in [0.25, 0.3) is 0 Å². The van der Waals surface area contributed by atoms with Crippen molar-refractivity contribution < 1.29 is 0 Å². The maximum absolute atomic E-state index is 5.26. The van der Waals surface area contributed by atoms with Crippen LogP contribution in [0.15, 0.2) is 30.3 Å². The van der Waals surface area contributed by atoms with Crippen molar-refractivity contribution in [3.8, 4) is 0 Å². The summed E-state index contributed by atoms with van der Waals surface area (Å²) in [7, 11) is 0. The third kappa shape index (κ3) is 6.63. The Hall–Kier alpha value is -0.510. The number of rotatable bonds is 2. The van der Waals surface area contributed by atoms with Crippen LogP contribution in [0.4, 0.5) is 0 Å². The van der Waals surface area contributed by atoms with Gasteiger partial charge in [0.05, 0.1) is 0 Å². The summed E-state index contributed by atoms with van der Waals surface area (Å²) in [6, 6.07) is 9.98. The molecule has 3 N–H and O–H groups in total. The van der Waals surface area contributed by atoms with Crippen LogP contribution < -0.4 is 11.1 Å². The molecule has 0 saturated heterocycles. The standard InChI is InChI=1S/C8H10N2S.2ClH/c9-8(11)10-6-7-4-2-1-3-5-7;;/h1-5H,6H2,(H3,9,10,11);2*1H. The van der Waals surface area contributed by atoms with Gasteiger partial charge in [-0.1, -0.05) is 30.3 Å². The Bertz CT molecular complexity index is 241. The van der Waals surface area contributed by atoms with Crippen molar-refractivity contribution >= 4 is 42.1 Å². The Balaban J connectivity index is 0. The van der Waals surface area contributed by atoms with Crippen molar-refractivity contribution in [2.75, 3.05) is 0 Å². The summed E-state index contributed by atoms with van der Waals surface area (Å²) in [6.07, 6.45) is 0. The molecule has 13 heavy (non-hydrogen) atoms. The summed E-state index contributed by atoms with van der Waals surface area (Å²) in [5.41, 5.74) is 6.44. The highest BCUT2D eigenvalue weighted by atomic mass is 35.5. The molecule has 2 nitrogen and oxygen atoms in total. The molecule has 0 saturated carbocycles. The first kappa shape index (κ1) is 15.0. The van der Waals surface area contributed by atoms with Crippen molar-refractivity contribution in [3.05, 3.63) is 35.9 Å². The van der Waals surface area contributed by atoms with E-state index < -0.39 is 0 Å². The average Bonchev–Trinajstić information content (AvgIpc) is 2.03. The van der Waals surface area contributed by atoms with Gasteiger partial charge in [-0.05, 0) is 17.8 Å². The third-order valence-corrected chi connectivity index (χ3v) is 1.45. The van der Waals surface area contributed by atoms with E-state index in [0.717, 1.165) is 0 Å². The molecule has 0 aliphatic heterocycles. The predicted molar refractivity (Wildman–Crippen MR) is 64.6 cm³/mol. The average molecular weight is 239 g/mol. The van der Waals surface area contributed by atoms with E-state index >= 15 is 0 Å². The van der Waals surface area contributed by atoms with Crippen LogP contribution in [0, 0.1) is 0 Å². The predicted octanol–water partition coefficient (Wildman–Crippen LogP) is 1.86. The molecule has 0 fully saturated rings. The minimum absolute atomic E-state index is 0. The minimum atomic E-state index is 0. The monoisotopic (exact) mass is 238 g/mol. The fourth-order valence-electron chi connectivity index (χ4n) is 0.785. The van der Waals surface area contributed by atoms with Crippen LogP contribution in [0.1, 0.15) is 5.56 Å². The molecule has 1 rings (SSSR count). The van der Waals surface area contributed by atoms with Crippen LogP contribution in [0.3, 0.4) is 0 Å². The minimum Gasteiger partial charge on any atom is -0.376 e. The van der Waals surface area contributed by atoms with Gasteiger partial charge in [-0.25, -0.2) is 0 Å².